The molecule has 2 saturated carbocycles. The zero-order valence-corrected chi connectivity index (χ0v) is 17.2. The van der Waals surface area contributed by atoms with Gasteiger partial charge in [0.15, 0.2) is 0 Å². The highest BCUT2D eigenvalue weighted by Gasteiger charge is 2.62. The average molecular weight is 377 g/mol. The molecule has 5 rings (SSSR count). The fourth-order valence-electron chi connectivity index (χ4n) is 7.72. The molecule has 10 unspecified atom stereocenters. The van der Waals surface area contributed by atoms with E-state index < -0.39 is 0 Å². The molecule has 3 heterocycles. The van der Waals surface area contributed by atoms with Crippen LogP contribution in [0.15, 0.2) is 0 Å². The van der Waals surface area contributed by atoms with Crippen molar-refractivity contribution in [3.63, 3.8) is 0 Å². The lowest BCUT2D eigenvalue weighted by atomic mass is 9.70. The molecule has 0 spiro atoms. The molecule has 10 atom stereocenters. The molecule has 0 amide bonds. The highest BCUT2D eigenvalue weighted by molar-refractivity contribution is 5.70. The Balaban J connectivity index is 1.24. The van der Waals surface area contributed by atoms with Crippen LogP contribution < -0.4 is 0 Å². The smallest absolute Gasteiger partial charge is 0.306 e. The minimum absolute atomic E-state index is 0.0288. The maximum Gasteiger partial charge on any atom is 0.306 e. The molecule has 0 aromatic rings. The van der Waals surface area contributed by atoms with Gasteiger partial charge >= 0.3 is 5.97 Å². The van der Waals surface area contributed by atoms with E-state index in [0.717, 1.165) is 38.0 Å². The summed E-state index contributed by atoms with van der Waals surface area (Å²) in [6, 6.07) is 0. The van der Waals surface area contributed by atoms with Crippen molar-refractivity contribution in [2.45, 2.75) is 109 Å². The summed E-state index contributed by atoms with van der Waals surface area (Å²) in [6.07, 6.45) is 10.8. The van der Waals surface area contributed by atoms with Crippen molar-refractivity contribution in [3.8, 4) is 0 Å². The van der Waals surface area contributed by atoms with E-state index in [4.69, 9.17) is 14.2 Å². The molecule has 0 radical (unpaired) electrons. The number of fused-ring (bicyclic) bond motifs is 7. The topological polar surface area (TPSA) is 44.8 Å². The molecular weight excluding hydrogens is 340 g/mol. The fourth-order valence-corrected chi connectivity index (χ4v) is 7.72. The monoisotopic (exact) mass is 376 g/mol. The molecule has 2 aliphatic carbocycles. The van der Waals surface area contributed by atoms with E-state index in [9.17, 15) is 4.79 Å². The Hall–Kier alpha value is -0.610. The normalized spacial score (nSPS) is 52.5. The van der Waals surface area contributed by atoms with Crippen LogP contribution in [0.1, 0.15) is 78.6 Å². The quantitative estimate of drug-likeness (QED) is 0.641. The van der Waals surface area contributed by atoms with Gasteiger partial charge in [-0.15, -0.1) is 0 Å². The van der Waals surface area contributed by atoms with Crippen molar-refractivity contribution >= 4 is 5.97 Å². The Morgan fingerprint density at radius 2 is 1.81 bits per heavy atom. The molecule has 152 valence electrons. The van der Waals surface area contributed by atoms with Gasteiger partial charge in [0.25, 0.3) is 0 Å². The van der Waals surface area contributed by atoms with Crippen LogP contribution >= 0.6 is 0 Å². The molecule has 5 fully saturated rings. The van der Waals surface area contributed by atoms with Crippen molar-refractivity contribution < 1.29 is 19.0 Å². The Kier molecular flexibility index (Phi) is 4.59. The van der Waals surface area contributed by atoms with E-state index in [1.54, 1.807) is 0 Å². The largest absolute Gasteiger partial charge is 0.459 e. The molecule has 4 heteroatoms. The zero-order valence-electron chi connectivity index (χ0n) is 17.2. The lowest BCUT2D eigenvalue weighted by molar-refractivity contribution is -0.168. The van der Waals surface area contributed by atoms with Crippen LogP contribution in [0.2, 0.25) is 0 Å². The molecule has 3 aliphatic heterocycles. The van der Waals surface area contributed by atoms with Crippen LogP contribution in [0, 0.1) is 29.6 Å². The van der Waals surface area contributed by atoms with E-state index in [1.807, 2.05) is 0 Å². The van der Waals surface area contributed by atoms with Crippen LogP contribution in [0.3, 0.4) is 0 Å². The van der Waals surface area contributed by atoms with Crippen LogP contribution in [0.4, 0.5) is 0 Å². The van der Waals surface area contributed by atoms with Crippen molar-refractivity contribution in [1.29, 1.82) is 0 Å². The molecule has 0 aromatic carbocycles. The summed E-state index contributed by atoms with van der Waals surface area (Å²) in [4.78, 5) is 12.9. The van der Waals surface area contributed by atoms with Crippen molar-refractivity contribution in [3.05, 3.63) is 0 Å². The summed E-state index contributed by atoms with van der Waals surface area (Å²) in [7, 11) is 0. The lowest BCUT2D eigenvalue weighted by Crippen LogP contribution is -2.42. The van der Waals surface area contributed by atoms with Gasteiger partial charge in [0.1, 0.15) is 5.60 Å². The van der Waals surface area contributed by atoms with Crippen LogP contribution in [-0.4, -0.2) is 36.0 Å². The predicted molar refractivity (Wildman–Crippen MR) is 102 cm³/mol. The lowest BCUT2D eigenvalue weighted by Gasteiger charge is -2.37. The minimum Gasteiger partial charge on any atom is -0.459 e. The maximum atomic E-state index is 12.9. The van der Waals surface area contributed by atoms with Gasteiger partial charge in [-0.1, -0.05) is 20.8 Å². The minimum atomic E-state index is -0.156. The first kappa shape index (κ1) is 18.4. The number of hydrogen-bond acceptors (Lipinski definition) is 4. The molecule has 3 saturated heterocycles. The highest BCUT2D eigenvalue weighted by atomic mass is 16.6. The summed E-state index contributed by atoms with van der Waals surface area (Å²) in [5.41, 5.74) is -0.156. The molecule has 4 nitrogen and oxygen atoms in total. The van der Waals surface area contributed by atoms with Gasteiger partial charge in [0.05, 0.1) is 30.8 Å². The standard InChI is InChI=1S/C23H36O4/c1-4-16-20-18-10-14(22(26-18)21(20)17(5-2)25-16)11-19(24)27-23(6-3)12-13-7-8-15(23)9-13/h13-18,20-22H,4-12H2,1-3H3. The second-order valence-electron chi connectivity index (χ2n) is 10.00. The van der Waals surface area contributed by atoms with E-state index >= 15 is 0 Å². The molecule has 4 bridgehead atoms. The van der Waals surface area contributed by atoms with Gasteiger partial charge in [0.2, 0.25) is 0 Å². The van der Waals surface area contributed by atoms with Crippen LogP contribution in [-0.2, 0) is 19.0 Å². The second-order valence-corrected chi connectivity index (χ2v) is 10.00. The first-order chi connectivity index (χ1) is 13.1. The first-order valence-electron chi connectivity index (χ1n) is 11.6. The number of rotatable bonds is 6. The van der Waals surface area contributed by atoms with Crippen LogP contribution in [0.25, 0.3) is 0 Å². The fraction of sp³-hybridized carbons (Fsp3) is 0.957. The summed E-state index contributed by atoms with van der Waals surface area (Å²) >= 11 is 0. The summed E-state index contributed by atoms with van der Waals surface area (Å²) in [5.74, 6) is 2.78. The van der Waals surface area contributed by atoms with Gasteiger partial charge in [0, 0.05) is 11.8 Å². The number of hydrogen-bond donors (Lipinski definition) is 0. The first-order valence-corrected chi connectivity index (χ1v) is 11.6. The van der Waals surface area contributed by atoms with Crippen LogP contribution in [0.5, 0.6) is 0 Å². The van der Waals surface area contributed by atoms with Gasteiger partial charge in [-0.25, -0.2) is 0 Å². The second kappa shape index (κ2) is 6.73. The van der Waals surface area contributed by atoms with Gasteiger partial charge in [-0.3, -0.25) is 4.79 Å². The van der Waals surface area contributed by atoms with Gasteiger partial charge in [-0.05, 0) is 69.1 Å². The zero-order chi connectivity index (χ0) is 18.8. The molecule has 5 aliphatic rings. The van der Waals surface area contributed by atoms with E-state index in [2.05, 4.69) is 20.8 Å². The molecule has 0 N–H and O–H groups in total. The third kappa shape index (κ3) is 2.73. The number of carbonyl (C=O) groups excluding carboxylic acids is 1. The molecule has 27 heavy (non-hydrogen) atoms. The molecule has 0 aromatic heterocycles. The summed E-state index contributed by atoms with van der Waals surface area (Å²) in [6.45, 7) is 6.64. The van der Waals surface area contributed by atoms with E-state index in [-0.39, 0.29) is 17.7 Å². The Bertz CT molecular complexity index is 591. The number of ether oxygens (including phenoxy) is 3. The Labute approximate surface area is 163 Å². The predicted octanol–water partition coefficient (Wildman–Crippen LogP) is 4.50. The number of carbonyl (C=O) groups is 1. The third-order valence-corrected chi connectivity index (χ3v) is 8.86. The Morgan fingerprint density at radius 1 is 1.04 bits per heavy atom. The Morgan fingerprint density at radius 3 is 2.44 bits per heavy atom. The number of esters is 1. The van der Waals surface area contributed by atoms with Crippen molar-refractivity contribution in [2.75, 3.05) is 0 Å². The summed E-state index contributed by atoms with van der Waals surface area (Å²) in [5, 5.41) is 0. The third-order valence-electron chi connectivity index (χ3n) is 8.86. The maximum absolute atomic E-state index is 12.9. The van der Waals surface area contributed by atoms with E-state index in [0.29, 0.717) is 48.4 Å². The summed E-state index contributed by atoms with van der Waals surface area (Å²) < 4.78 is 19.0. The van der Waals surface area contributed by atoms with E-state index in [1.165, 1.54) is 19.3 Å². The van der Waals surface area contributed by atoms with Crippen molar-refractivity contribution in [1.82, 2.24) is 0 Å². The van der Waals surface area contributed by atoms with Crippen molar-refractivity contribution in [2.24, 2.45) is 29.6 Å². The molecular formula is C23H36O4. The van der Waals surface area contributed by atoms with Gasteiger partial charge < -0.3 is 14.2 Å². The SMILES string of the molecule is CCC1OC(CC)C2C3OC(CC3CC(=O)OC3(CC)CC4CCC3C4)C12. The average Bonchev–Trinajstić information content (AvgIpc) is 3.44. The highest BCUT2D eigenvalue weighted by Crippen LogP contribution is 2.57. The van der Waals surface area contributed by atoms with Gasteiger partial charge in [-0.2, -0.15) is 0 Å².